The van der Waals surface area contributed by atoms with Gasteiger partial charge in [-0.05, 0) is 11.6 Å². The van der Waals surface area contributed by atoms with Crippen LogP contribution in [-0.4, -0.2) is 12.1 Å². The zero-order valence-electron chi connectivity index (χ0n) is 8.29. The number of rotatable bonds is 3. The molecule has 0 bridgehead atoms. The molecule has 1 rings (SSSR count). The standard InChI is InChI=1S/C11H10F3NO/c12-11(13,14)9(7-10(15)16)6-8-4-2-1-3-5-8/h1-6H,7H2,(H2,15,16)/b9-6-. The van der Waals surface area contributed by atoms with Gasteiger partial charge in [-0.25, -0.2) is 0 Å². The number of benzene rings is 1. The third-order valence-electron chi connectivity index (χ3n) is 1.87. The van der Waals surface area contributed by atoms with Crippen LogP contribution in [0.1, 0.15) is 12.0 Å². The van der Waals surface area contributed by atoms with Crippen LogP contribution >= 0.6 is 0 Å². The molecule has 16 heavy (non-hydrogen) atoms. The first-order chi connectivity index (χ1) is 7.39. The molecule has 2 nitrogen and oxygen atoms in total. The molecule has 0 aliphatic rings. The van der Waals surface area contributed by atoms with Crippen molar-refractivity contribution in [3.8, 4) is 0 Å². The maximum atomic E-state index is 12.5. The van der Waals surface area contributed by atoms with E-state index in [-0.39, 0.29) is 0 Å². The Morgan fingerprint density at radius 2 is 1.81 bits per heavy atom. The van der Waals surface area contributed by atoms with Crippen molar-refractivity contribution in [1.29, 1.82) is 0 Å². The predicted molar refractivity (Wildman–Crippen MR) is 54.3 cm³/mol. The second-order valence-electron chi connectivity index (χ2n) is 3.22. The molecule has 2 N–H and O–H groups in total. The minimum Gasteiger partial charge on any atom is -0.369 e. The molecule has 5 heteroatoms. The lowest BCUT2D eigenvalue weighted by Gasteiger charge is -2.09. The van der Waals surface area contributed by atoms with E-state index >= 15 is 0 Å². The van der Waals surface area contributed by atoms with Gasteiger partial charge in [-0.2, -0.15) is 13.2 Å². The van der Waals surface area contributed by atoms with Crippen molar-refractivity contribution < 1.29 is 18.0 Å². The smallest absolute Gasteiger partial charge is 0.369 e. The normalized spacial score (nSPS) is 12.6. The van der Waals surface area contributed by atoms with Gasteiger partial charge in [-0.3, -0.25) is 4.79 Å². The number of primary amides is 1. The molecule has 0 atom stereocenters. The number of halogens is 3. The van der Waals surface area contributed by atoms with Gasteiger partial charge in [-0.1, -0.05) is 30.3 Å². The topological polar surface area (TPSA) is 43.1 Å². The molecule has 86 valence electrons. The van der Waals surface area contributed by atoms with E-state index in [0.29, 0.717) is 5.56 Å². The summed E-state index contributed by atoms with van der Waals surface area (Å²) in [6.45, 7) is 0. The Morgan fingerprint density at radius 3 is 2.25 bits per heavy atom. The Hall–Kier alpha value is -1.78. The highest BCUT2D eigenvalue weighted by atomic mass is 19.4. The van der Waals surface area contributed by atoms with E-state index in [1.165, 1.54) is 12.1 Å². The SMILES string of the molecule is NC(=O)C/C(=C/c1ccccc1)C(F)(F)F. The van der Waals surface area contributed by atoms with Crippen molar-refractivity contribution in [1.82, 2.24) is 0 Å². The van der Waals surface area contributed by atoms with Crippen molar-refractivity contribution in [2.24, 2.45) is 5.73 Å². The summed E-state index contributed by atoms with van der Waals surface area (Å²) in [5, 5.41) is 0. The lowest BCUT2D eigenvalue weighted by molar-refractivity contribution is -0.121. The first-order valence-corrected chi connectivity index (χ1v) is 4.50. The van der Waals surface area contributed by atoms with Gasteiger partial charge in [0.2, 0.25) is 5.91 Å². The van der Waals surface area contributed by atoms with Gasteiger partial charge in [-0.15, -0.1) is 0 Å². The highest BCUT2D eigenvalue weighted by Crippen LogP contribution is 2.29. The van der Waals surface area contributed by atoms with Crippen LogP contribution in [0.4, 0.5) is 13.2 Å². The number of amides is 1. The summed E-state index contributed by atoms with van der Waals surface area (Å²) in [6, 6.07) is 7.96. The van der Waals surface area contributed by atoms with Crippen LogP contribution in [0.2, 0.25) is 0 Å². The average molecular weight is 229 g/mol. The monoisotopic (exact) mass is 229 g/mol. The second-order valence-corrected chi connectivity index (χ2v) is 3.22. The van der Waals surface area contributed by atoms with Gasteiger partial charge in [0.1, 0.15) is 0 Å². The summed E-state index contributed by atoms with van der Waals surface area (Å²) in [4.78, 5) is 10.5. The molecule has 1 amide bonds. The maximum absolute atomic E-state index is 12.5. The largest absolute Gasteiger partial charge is 0.413 e. The molecule has 0 aromatic heterocycles. The molecule has 0 heterocycles. The van der Waals surface area contributed by atoms with Gasteiger partial charge in [0.05, 0.1) is 6.42 Å². The minimum absolute atomic E-state index is 0.385. The average Bonchev–Trinajstić information content (AvgIpc) is 2.16. The van der Waals surface area contributed by atoms with Crippen molar-refractivity contribution in [3.63, 3.8) is 0 Å². The molecule has 0 spiro atoms. The van der Waals surface area contributed by atoms with Gasteiger partial charge >= 0.3 is 6.18 Å². The van der Waals surface area contributed by atoms with Crippen LogP contribution in [0.5, 0.6) is 0 Å². The molecule has 0 aliphatic heterocycles. The lowest BCUT2D eigenvalue weighted by atomic mass is 10.1. The number of alkyl halides is 3. The second kappa shape index (κ2) is 4.83. The van der Waals surface area contributed by atoms with E-state index in [4.69, 9.17) is 5.73 Å². The van der Waals surface area contributed by atoms with E-state index in [0.717, 1.165) is 6.08 Å². The Bertz CT molecular complexity index is 395. The minimum atomic E-state index is -4.54. The zero-order valence-corrected chi connectivity index (χ0v) is 8.29. The van der Waals surface area contributed by atoms with E-state index < -0.39 is 24.1 Å². The number of nitrogens with two attached hydrogens (primary N) is 1. The van der Waals surface area contributed by atoms with Crippen LogP contribution < -0.4 is 5.73 Å². The summed E-state index contributed by atoms with van der Waals surface area (Å²) in [5.41, 5.74) is 4.21. The van der Waals surface area contributed by atoms with Crippen LogP contribution in [0.3, 0.4) is 0 Å². The molecule has 1 aromatic rings. The highest BCUT2D eigenvalue weighted by molar-refractivity contribution is 5.78. The number of carbonyl (C=O) groups is 1. The van der Waals surface area contributed by atoms with Crippen LogP contribution in [0, 0.1) is 0 Å². The number of hydrogen-bond donors (Lipinski definition) is 1. The fraction of sp³-hybridized carbons (Fsp3) is 0.182. The Labute approximate surface area is 90.6 Å². The zero-order chi connectivity index (χ0) is 12.2. The third kappa shape index (κ3) is 3.76. The maximum Gasteiger partial charge on any atom is 0.413 e. The lowest BCUT2D eigenvalue weighted by Crippen LogP contribution is -2.19. The first kappa shape index (κ1) is 12.3. The van der Waals surface area contributed by atoms with Gasteiger partial charge in [0.15, 0.2) is 0 Å². The van der Waals surface area contributed by atoms with E-state index in [1.807, 2.05) is 0 Å². The molecule has 0 aliphatic carbocycles. The summed E-state index contributed by atoms with van der Waals surface area (Å²) in [7, 11) is 0. The van der Waals surface area contributed by atoms with E-state index in [1.54, 1.807) is 18.2 Å². The molecular weight excluding hydrogens is 219 g/mol. The molecule has 1 aromatic carbocycles. The predicted octanol–water partition coefficient (Wildman–Crippen LogP) is 2.51. The Balaban J connectivity index is 3.02. The van der Waals surface area contributed by atoms with Crippen LogP contribution in [-0.2, 0) is 4.79 Å². The summed E-state index contributed by atoms with van der Waals surface area (Å²) in [5.74, 6) is -1.00. The molecular formula is C11H10F3NO. The molecule has 0 radical (unpaired) electrons. The molecule has 0 saturated heterocycles. The van der Waals surface area contributed by atoms with Crippen LogP contribution in [0.25, 0.3) is 6.08 Å². The number of hydrogen-bond acceptors (Lipinski definition) is 1. The van der Waals surface area contributed by atoms with Crippen LogP contribution in [0.15, 0.2) is 35.9 Å². The molecule has 0 fully saturated rings. The quantitative estimate of drug-likeness (QED) is 0.850. The van der Waals surface area contributed by atoms with Crippen molar-refractivity contribution >= 4 is 12.0 Å². The number of carbonyl (C=O) groups excluding carboxylic acids is 1. The van der Waals surface area contributed by atoms with E-state index in [9.17, 15) is 18.0 Å². The highest BCUT2D eigenvalue weighted by Gasteiger charge is 2.34. The fourth-order valence-corrected chi connectivity index (χ4v) is 1.17. The molecule has 0 unspecified atom stereocenters. The fourth-order valence-electron chi connectivity index (χ4n) is 1.17. The van der Waals surface area contributed by atoms with Gasteiger partial charge in [0, 0.05) is 5.57 Å². The molecule has 0 saturated carbocycles. The summed E-state index contributed by atoms with van der Waals surface area (Å²) >= 11 is 0. The summed E-state index contributed by atoms with van der Waals surface area (Å²) in [6.07, 6.45) is -4.42. The van der Waals surface area contributed by atoms with E-state index in [2.05, 4.69) is 0 Å². The van der Waals surface area contributed by atoms with Crippen molar-refractivity contribution in [2.75, 3.05) is 0 Å². The van der Waals surface area contributed by atoms with Crippen molar-refractivity contribution in [3.05, 3.63) is 41.5 Å². The summed E-state index contributed by atoms with van der Waals surface area (Å²) < 4.78 is 37.5. The Kier molecular flexibility index (Phi) is 3.71. The Morgan fingerprint density at radius 1 is 1.25 bits per heavy atom. The van der Waals surface area contributed by atoms with Crippen molar-refractivity contribution in [2.45, 2.75) is 12.6 Å². The van der Waals surface area contributed by atoms with Gasteiger partial charge in [0.25, 0.3) is 0 Å². The first-order valence-electron chi connectivity index (χ1n) is 4.50. The third-order valence-corrected chi connectivity index (χ3v) is 1.87. The van der Waals surface area contributed by atoms with Gasteiger partial charge < -0.3 is 5.73 Å².